The van der Waals surface area contributed by atoms with Crippen LogP contribution in [0, 0.1) is 31.6 Å². The van der Waals surface area contributed by atoms with E-state index < -0.39 is 5.60 Å². The van der Waals surface area contributed by atoms with E-state index in [1.165, 1.54) is 0 Å². The first-order valence-electron chi connectivity index (χ1n) is 5.34. The maximum Gasteiger partial charge on any atom is 0.0985 e. The van der Waals surface area contributed by atoms with Gasteiger partial charge >= 0.3 is 0 Å². The highest BCUT2D eigenvalue weighted by Crippen LogP contribution is 2.35. The monoisotopic (exact) mass is 215 g/mol. The van der Waals surface area contributed by atoms with Crippen molar-refractivity contribution in [2.75, 3.05) is 6.61 Å². The zero-order chi connectivity index (χ0) is 11.4. The van der Waals surface area contributed by atoms with E-state index in [0.717, 1.165) is 11.5 Å². The Balaban J connectivity index is 2.09. The number of hydrogen-bond donors (Lipinski definition) is 2. The third-order valence-corrected chi connectivity index (χ3v) is 2.80. The van der Waals surface area contributed by atoms with Crippen LogP contribution in [0.25, 0.3) is 0 Å². The minimum absolute atomic E-state index is 0.272. The Morgan fingerprint density at radius 3 is 2.19 bits per heavy atom. The van der Waals surface area contributed by atoms with E-state index >= 15 is 0 Å². The first-order valence-corrected chi connectivity index (χ1v) is 5.34. The first kappa shape index (κ1) is 11.6. The predicted octanol–water partition coefficient (Wildman–Crippen LogP) is 1.36. The fraction of sp³-hybridized carbons (Fsp3) is 0.214. The normalized spacial score (nSPS) is 20.9. The van der Waals surface area contributed by atoms with Crippen LogP contribution in [0.5, 0.6) is 0 Å². The Morgan fingerprint density at radius 2 is 1.62 bits per heavy atom. The van der Waals surface area contributed by atoms with Gasteiger partial charge in [-0.1, -0.05) is 30.3 Å². The van der Waals surface area contributed by atoms with Crippen molar-refractivity contribution in [3.63, 3.8) is 0 Å². The Kier molecular flexibility index (Phi) is 3.62. The third-order valence-electron chi connectivity index (χ3n) is 2.80. The summed E-state index contributed by atoms with van der Waals surface area (Å²) in [7, 11) is 0. The second-order valence-corrected chi connectivity index (χ2v) is 4.03. The first-order chi connectivity index (χ1) is 7.74. The van der Waals surface area contributed by atoms with Crippen LogP contribution in [-0.2, 0) is 6.42 Å². The van der Waals surface area contributed by atoms with E-state index in [1.807, 2.05) is 56.0 Å². The molecule has 0 amide bonds. The van der Waals surface area contributed by atoms with Crippen LogP contribution in [0.3, 0.4) is 0 Å². The standard InChI is InChI=1S/C14H15O2/c15-11-14(16,13-8-4-5-9-13)10-12-6-2-1-3-7-12/h1-9,15-16H,10-11H2/t14-/m1/s1. The second kappa shape index (κ2) is 4.98. The molecular formula is C14H15O2. The maximum atomic E-state index is 10.4. The van der Waals surface area contributed by atoms with Gasteiger partial charge in [0.2, 0.25) is 0 Å². The van der Waals surface area contributed by atoms with Crippen LogP contribution in [0.4, 0.5) is 0 Å². The van der Waals surface area contributed by atoms with Gasteiger partial charge in [-0.05, 0) is 31.2 Å². The summed E-state index contributed by atoms with van der Waals surface area (Å²) in [5.41, 5.74) is -0.162. The molecular weight excluding hydrogens is 200 g/mol. The van der Waals surface area contributed by atoms with Gasteiger partial charge in [0.15, 0.2) is 0 Å². The van der Waals surface area contributed by atoms with E-state index in [-0.39, 0.29) is 6.61 Å². The number of rotatable bonds is 4. The van der Waals surface area contributed by atoms with Crippen molar-refractivity contribution in [1.29, 1.82) is 0 Å². The second-order valence-electron chi connectivity index (χ2n) is 4.03. The van der Waals surface area contributed by atoms with Crippen molar-refractivity contribution >= 4 is 0 Å². The SMILES string of the molecule is OC[C@](O)(Cc1ccccc1)[C]1[CH][CH][CH][CH]1. The van der Waals surface area contributed by atoms with Crippen molar-refractivity contribution < 1.29 is 10.2 Å². The van der Waals surface area contributed by atoms with Gasteiger partial charge in [0.05, 0.1) is 12.2 Å². The van der Waals surface area contributed by atoms with Crippen LogP contribution in [-0.4, -0.2) is 22.4 Å². The summed E-state index contributed by atoms with van der Waals surface area (Å²) in [5, 5.41) is 19.8. The molecule has 1 aromatic rings. The van der Waals surface area contributed by atoms with Gasteiger partial charge in [-0.2, -0.15) is 0 Å². The minimum atomic E-state index is -1.18. The molecule has 2 heteroatoms. The van der Waals surface area contributed by atoms with Gasteiger partial charge < -0.3 is 10.2 Å². The van der Waals surface area contributed by atoms with Crippen molar-refractivity contribution in [3.05, 3.63) is 67.5 Å². The highest BCUT2D eigenvalue weighted by Gasteiger charge is 2.38. The summed E-state index contributed by atoms with van der Waals surface area (Å²) in [5.74, 6) is 0.763. The van der Waals surface area contributed by atoms with Crippen LogP contribution in [0.15, 0.2) is 30.3 Å². The van der Waals surface area contributed by atoms with Gasteiger partial charge in [0, 0.05) is 12.3 Å². The van der Waals surface area contributed by atoms with Gasteiger partial charge in [0.25, 0.3) is 0 Å². The van der Waals surface area contributed by atoms with Gasteiger partial charge in [-0.25, -0.2) is 0 Å². The van der Waals surface area contributed by atoms with E-state index in [9.17, 15) is 10.2 Å². The highest BCUT2D eigenvalue weighted by atomic mass is 16.3. The fourth-order valence-electron chi connectivity index (χ4n) is 1.87. The van der Waals surface area contributed by atoms with Crippen molar-refractivity contribution in [2.24, 2.45) is 0 Å². The summed E-state index contributed by atoms with van der Waals surface area (Å²) in [6.07, 6.45) is 7.81. The van der Waals surface area contributed by atoms with Crippen LogP contribution < -0.4 is 0 Å². The van der Waals surface area contributed by atoms with E-state index in [0.29, 0.717) is 6.42 Å². The summed E-state index contributed by atoms with van der Waals surface area (Å²) in [6.45, 7) is -0.272. The number of aliphatic hydroxyl groups excluding tert-OH is 1. The lowest BCUT2D eigenvalue weighted by Crippen LogP contribution is -2.41. The summed E-state index contributed by atoms with van der Waals surface area (Å²) < 4.78 is 0. The van der Waals surface area contributed by atoms with Crippen molar-refractivity contribution in [2.45, 2.75) is 12.0 Å². The quantitative estimate of drug-likeness (QED) is 0.796. The molecule has 0 unspecified atom stereocenters. The fourth-order valence-corrected chi connectivity index (χ4v) is 1.87. The molecule has 1 aromatic carbocycles. The lowest BCUT2D eigenvalue weighted by atomic mass is 9.82. The minimum Gasteiger partial charge on any atom is -0.393 e. The zero-order valence-corrected chi connectivity index (χ0v) is 9.00. The lowest BCUT2D eigenvalue weighted by Gasteiger charge is -2.31. The van der Waals surface area contributed by atoms with Crippen molar-refractivity contribution in [3.8, 4) is 0 Å². The molecule has 0 aliphatic heterocycles. The molecule has 1 saturated carbocycles. The Bertz CT molecular complexity index is 317. The molecule has 2 N–H and O–H groups in total. The van der Waals surface area contributed by atoms with Gasteiger partial charge in [-0.3, -0.25) is 0 Å². The molecule has 0 aromatic heterocycles. The average Bonchev–Trinajstić information content (AvgIpc) is 2.84. The molecule has 0 spiro atoms. The molecule has 0 bridgehead atoms. The number of benzene rings is 1. The van der Waals surface area contributed by atoms with E-state index in [2.05, 4.69) is 0 Å². The summed E-state index contributed by atoms with van der Waals surface area (Å²) >= 11 is 0. The topological polar surface area (TPSA) is 40.5 Å². The molecule has 0 saturated heterocycles. The molecule has 1 aliphatic carbocycles. The van der Waals surface area contributed by atoms with E-state index in [4.69, 9.17) is 0 Å². The largest absolute Gasteiger partial charge is 0.393 e. The Morgan fingerprint density at radius 1 is 1.00 bits per heavy atom. The highest BCUT2D eigenvalue weighted by molar-refractivity contribution is 5.42. The molecule has 1 aliphatic rings. The molecule has 16 heavy (non-hydrogen) atoms. The Labute approximate surface area is 96.9 Å². The average molecular weight is 215 g/mol. The molecule has 5 radical (unpaired) electrons. The Hall–Kier alpha value is -0.860. The van der Waals surface area contributed by atoms with Crippen LogP contribution in [0.2, 0.25) is 0 Å². The van der Waals surface area contributed by atoms with Gasteiger partial charge in [-0.15, -0.1) is 0 Å². The lowest BCUT2D eigenvalue weighted by molar-refractivity contribution is 0.00519. The zero-order valence-electron chi connectivity index (χ0n) is 9.00. The molecule has 2 nitrogen and oxygen atoms in total. The van der Waals surface area contributed by atoms with Crippen LogP contribution in [0.1, 0.15) is 5.56 Å². The van der Waals surface area contributed by atoms with Crippen molar-refractivity contribution in [1.82, 2.24) is 0 Å². The number of aliphatic hydroxyl groups is 2. The third kappa shape index (κ3) is 2.45. The molecule has 1 fully saturated rings. The molecule has 83 valence electrons. The smallest absolute Gasteiger partial charge is 0.0985 e. The summed E-state index contributed by atoms with van der Waals surface area (Å²) in [4.78, 5) is 0. The van der Waals surface area contributed by atoms with Gasteiger partial charge in [0.1, 0.15) is 0 Å². The van der Waals surface area contributed by atoms with E-state index in [1.54, 1.807) is 0 Å². The van der Waals surface area contributed by atoms with Crippen LogP contribution >= 0.6 is 0 Å². The molecule has 1 atom stereocenters. The number of hydrogen-bond acceptors (Lipinski definition) is 2. The molecule has 0 heterocycles. The summed E-state index contributed by atoms with van der Waals surface area (Å²) in [6, 6.07) is 9.69. The predicted molar refractivity (Wildman–Crippen MR) is 62.6 cm³/mol. The maximum absolute atomic E-state index is 10.4. The molecule has 2 rings (SSSR count).